The highest BCUT2D eigenvalue weighted by atomic mass is 19.1. The lowest BCUT2D eigenvalue weighted by Gasteiger charge is -2.20. The molecule has 1 aromatic heterocycles. The number of aliphatic hydroxyl groups excluding tert-OH is 2. The molecule has 0 radical (unpaired) electrons. The molecule has 4 rings (SSSR count). The monoisotopic (exact) mass is 583 g/mol. The molecule has 9 heteroatoms. The molecule has 43 heavy (non-hydrogen) atoms. The van der Waals surface area contributed by atoms with Crippen molar-refractivity contribution in [2.75, 3.05) is 5.32 Å². The van der Waals surface area contributed by atoms with Crippen LogP contribution >= 0.6 is 0 Å². The van der Waals surface area contributed by atoms with E-state index in [1.807, 2.05) is 36.6 Å². The van der Waals surface area contributed by atoms with Gasteiger partial charge < -0.3 is 25.2 Å². The number of hydrogen-bond acceptors (Lipinski definition) is 5. The van der Waals surface area contributed by atoms with Crippen LogP contribution < -0.4 is 5.32 Å². The standard InChI is InChI=1S/C34H34FN3O5/c1-21(2)32-31(34(43)37-26-6-4-3-5-7-26)30(23-10-8-22(20-36)9-11-23)33(24-12-14-25(35)15-13-24)38(32)17-16-27(39)18-28(40)19-29(41)42/h3-15,21,27-28,39-40H,16-19H2,1-2H3,(H,37,43)(H,41,42)/t27-,28-/m1/s1. The first kappa shape index (κ1) is 31.2. The lowest BCUT2D eigenvalue weighted by atomic mass is 9.94. The van der Waals surface area contributed by atoms with E-state index in [-0.39, 0.29) is 31.2 Å². The quantitative estimate of drug-likeness (QED) is 0.157. The van der Waals surface area contributed by atoms with Crippen molar-refractivity contribution >= 4 is 17.6 Å². The summed E-state index contributed by atoms with van der Waals surface area (Å²) >= 11 is 0. The number of carboxylic acid groups (broad SMARTS) is 1. The molecule has 4 N–H and O–H groups in total. The lowest BCUT2D eigenvalue weighted by Crippen LogP contribution is -2.22. The van der Waals surface area contributed by atoms with Crippen LogP contribution in [0.5, 0.6) is 0 Å². The molecular formula is C34H34FN3O5. The number of carbonyl (C=O) groups is 2. The number of benzene rings is 3. The van der Waals surface area contributed by atoms with Gasteiger partial charge in [0, 0.05) is 23.5 Å². The number of nitrogens with zero attached hydrogens (tertiary/aromatic N) is 2. The number of amides is 1. The van der Waals surface area contributed by atoms with Crippen LogP contribution in [0.2, 0.25) is 0 Å². The molecular weight excluding hydrogens is 549 g/mol. The fourth-order valence-electron chi connectivity index (χ4n) is 5.31. The van der Waals surface area contributed by atoms with E-state index >= 15 is 0 Å². The van der Waals surface area contributed by atoms with Crippen LogP contribution in [0, 0.1) is 17.1 Å². The van der Waals surface area contributed by atoms with Crippen LogP contribution in [-0.4, -0.2) is 44.0 Å². The Bertz CT molecular complexity index is 1610. The van der Waals surface area contributed by atoms with Crippen LogP contribution in [0.3, 0.4) is 0 Å². The number of aliphatic hydroxyl groups is 2. The number of anilines is 1. The first-order chi connectivity index (χ1) is 20.6. The number of rotatable bonds is 12. The summed E-state index contributed by atoms with van der Waals surface area (Å²) < 4.78 is 16.0. The van der Waals surface area contributed by atoms with Gasteiger partial charge >= 0.3 is 5.97 Å². The second-order valence-electron chi connectivity index (χ2n) is 10.7. The molecule has 4 aromatic rings. The Morgan fingerprint density at radius 3 is 2.14 bits per heavy atom. The minimum absolute atomic E-state index is 0.125. The summed E-state index contributed by atoms with van der Waals surface area (Å²) in [4.78, 5) is 25.1. The molecule has 0 aliphatic heterocycles. The summed E-state index contributed by atoms with van der Waals surface area (Å²) in [7, 11) is 0. The molecule has 0 saturated heterocycles. The number of carboxylic acids is 1. The normalized spacial score (nSPS) is 12.5. The van der Waals surface area contributed by atoms with E-state index in [0.29, 0.717) is 44.9 Å². The van der Waals surface area contributed by atoms with Crippen LogP contribution in [0.4, 0.5) is 10.1 Å². The van der Waals surface area contributed by atoms with Crippen molar-refractivity contribution in [1.82, 2.24) is 4.57 Å². The number of para-hydroxylation sites is 1. The topological polar surface area (TPSA) is 136 Å². The first-order valence-corrected chi connectivity index (χ1v) is 14.1. The van der Waals surface area contributed by atoms with E-state index in [1.165, 1.54) is 12.1 Å². The van der Waals surface area contributed by atoms with Gasteiger partial charge in [0.2, 0.25) is 0 Å². The SMILES string of the molecule is CC(C)c1c(C(=O)Nc2ccccc2)c(-c2ccc(C#N)cc2)c(-c2ccc(F)cc2)n1CC[C@@H](O)C[C@@H](O)CC(=O)O. The maximum atomic E-state index is 14.1. The molecule has 0 aliphatic rings. The number of aliphatic carboxylic acids is 1. The average molecular weight is 584 g/mol. The summed E-state index contributed by atoms with van der Waals surface area (Å²) in [6.07, 6.45) is -2.67. The highest BCUT2D eigenvalue weighted by Crippen LogP contribution is 2.43. The van der Waals surface area contributed by atoms with E-state index in [2.05, 4.69) is 11.4 Å². The van der Waals surface area contributed by atoms with Crippen molar-refractivity contribution in [3.8, 4) is 28.5 Å². The van der Waals surface area contributed by atoms with Gasteiger partial charge in [-0.25, -0.2) is 4.39 Å². The summed E-state index contributed by atoms with van der Waals surface area (Å²) in [6, 6.07) is 24.0. The molecule has 0 unspecified atom stereocenters. The molecule has 3 aromatic carbocycles. The minimum atomic E-state index is -1.21. The molecule has 0 bridgehead atoms. The fraction of sp³-hybridized carbons (Fsp3) is 0.265. The number of carbonyl (C=O) groups excluding carboxylic acids is 1. The van der Waals surface area contributed by atoms with E-state index < -0.39 is 30.4 Å². The maximum Gasteiger partial charge on any atom is 0.305 e. The van der Waals surface area contributed by atoms with Crippen molar-refractivity contribution < 1.29 is 29.3 Å². The lowest BCUT2D eigenvalue weighted by molar-refractivity contribution is -0.139. The van der Waals surface area contributed by atoms with Crippen molar-refractivity contribution in [2.45, 2.75) is 57.8 Å². The highest BCUT2D eigenvalue weighted by molar-refractivity contribution is 6.12. The predicted octanol–water partition coefficient (Wildman–Crippen LogP) is 6.19. The fourth-order valence-corrected chi connectivity index (χ4v) is 5.31. The first-order valence-electron chi connectivity index (χ1n) is 14.1. The molecule has 1 heterocycles. The van der Waals surface area contributed by atoms with Gasteiger partial charge in [-0.1, -0.05) is 44.2 Å². The van der Waals surface area contributed by atoms with Crippen molar-refractivity contribution in [3.05, 3.63) is 102 Å². The minimum Gasteiger partial charge on any atom is -0.481 e. The summed E-state index contributed by atoms with van der Waals surface area (Å²) in [5.41, 5.74) is 4.68. The van der Waals surface area contributed by atoms with Gasteiger partial charge in [-0.05, 0) is 78.4 Å². The number of nitrogens with one attached hydrogen (secondary N) is 1. The molecule has 0 aliphatic carbocycles. The van der Waals surface area contributed by atoms with E-state index in [4.69, 9.17) is 5.11 Å². The highest BCUT2D eigenvalue weighted by Gasteiger charge is 2.31. The molecule has 0 fully saturated rings. The van der Waals surface area contributed by atoms with Crippen molar-refractivity contribution in [2.24, 2.45) is 0 Å². The van der Waals surface area contributed by atoms with Crippen molar-refractivity contribution in [3.63, 3.8) is 0 Å². The predicted molar refractivity (Wildman–Crippen MR) is 162 cm³/mol. The van der Waals surface area contributed by atoms with Crippen LogP contribution in [0.25, 0.3) is 22.4 Å². The Morgan fingerprint density at radius 2 is 1.56 bits per heavy atom. The zero-order valence-corrected chi connectivity index (χ0v) is 24.0. The van der Waals surface area contributed by atoms with Gasteiger partial charge in [0.15, 0.2) is 0 Å². The van der Waals surface area contributed by atoms with Gasteiger partial charge in [-0.2, -0.15) is 5.26 Å². The Hall–Kier alpha value is -4.78. The van der Waals surface area contributed by atoms with E-state index in [0.717, 1.165) is 0 Å². The third-order valence-corrected chi connectivity index (χ3v) is 7.17. The molecule has 1 amide bonds. The van der Waals surface area contributed by atoms with Gasteiger partial charge in [-0.15, -0.1) is 0 Å². The summed E-state index contributed by atoms with van der Waals surface area (Å²) in [6.45, 7) is 4.13. The average Bonchev–Trinajstić information content (AvgIpc) is 3.32. The zero-order chi connectivity index (χ0) is 31.1. The smallest absolute Gasteiger partial charge is 0.305 e. The van der Waals surface area contributed by atoms with Crippen molar-refractivity contribution in [1.29, 1.82) is 5.26 Å². The Labute approximate surface area is 249 Å². The van der Waals surface area contributed by atoms with E-state index in [9.17, 15) is 29.5 Å². The van der Waals surface area contributed by atoms with Crippen LogP contribution in [-0.2, 0) is 11.3 Å². The van der Waals surface area contributed by atoms with Gasteiger partial charge in [-0.3, -0.25) is 9.59 Å². The third-order valence-electron chi connectivity index (χ3n) is 7.17. The number of hydrogen-bond donors (Lipinski definition) is 4. The van der Waals surface area contributed by atoms with Gasteiger partial charge in [0.1, 0.15) is 5.82 Å². The molecule has 222 valence electrons. The van der Waals surface area contributed by atoms with E-state index in [1.54, 1.807) is 48.5 Å². The molecule has 0 spiro atoms. The maximum absolute atomic E-state index is 14.1. The Kier molecular flexibility index (Phi) is 10.1. The number of halogens is 1. The molecule has 0 saturated carbocycles. The van der Waals surface area contributed by atoms with Crippen LogP contribution in [0.15, 0.2) is 78.9 Å². The van der Waals surface area contributed by atoms with Gasteiger partial charge in [0.25, 0.3) is 5.91 Å². The second-order valence-corrected chi connectivity index (χ2v) is 10.7. The molecule has 8 nitrogen and oxygen atoms in total. The van der Waals surface area contributed by atoms with Crippen LogP contribution in [0.1, 0.15) is 60.6 Å². The zero-order valence-electron chi connectivity index (χ0n) is 24.0. The third kappa shape index (κ3) is 7.55. The Morgan fingerprint density at radius 1 is 0.930 bits per heavy atom. The summed E-state index contributed by atoms with van der Waals surface area (Å²) in [5, 5.41) is 42.2. The molecule has 2 atom stereocenters. The largest absolute Gasteiger partial charge is 0.481 e. The number of aromatic nitrogens is 1. The summed E-state index contributed by atoms with van der Waals surface area (Å²) in [5.74, 6) is -2.10. The number of nitriles is 1. The Balaban J connectivity index is 1.93. The van der Waals surface area contributed by atoms with Gasteiger partial charge in [0.05, 0.1) is 41.5 Å². The second kappa shape index (κ2) is 13.9.